The molecule has 7 nitrogen and oxygen atoms in total. The van der Waals surface area contributed by atoms with Gasteiger partial charge in [0.1, 0.15) is 5.54 Å². The van der Waals surface area contributed by atoms with Crippen molar-refractivity contribution in [2.45, 2.75) is 24.9 Å². The van der Waals surface area contributed by atoms with Crippen LogP contribution < -0.4 is 5.32 Å². The number of allylic oxidation sites excluding steroid dienone is 1. The van der Waals surface area contributed by atoms with Crippen molar-refractivity contribution < 1.29 is 18.3 Å². The van der Waals surface area contributed by atoms with Gasteiger partial charge in [-0.25, -0.2) is 9.48 Å². The molecule has 132 valence electrons. The van der Waals surface area contributed by atoms with E-state index in [9.17, 15) is 13.6 Å². The van der Waals surface area contributed by atoms with Gasteiger partial charge in [-0.2, -0.15) is 13.9 Å². The number of aromatic nitrogens is 2. The van der Waals surface area contributed by atoms with E-state index in [0.717, 1.165) is 13.0 Å². The van der Waals surface area contributed by atoms with Gasteiger partial charge in [-0.05, 0) is 18.9 Å². The molecule has 1 atom stereocenters. The molecule has 1 unspecified atom stereocenters. The van der Waals surface area contributed by atoms with E-state index in [4.69, 9.17) is 4.74 Å². The minimum atomic E-state index is -2.74. The Morgan fingerprint density at radius 2 is 2.38 bits per heavy atom. The molecule has 0 bridgehead atoms. The van der Waals surface area contributed by atoms with Crippen LogP contribution in [-0.4, -0.2) is 54.2 Å². The van der Waals surface area contributed by atoms with Gasteiger partial charge >= 0.3 is 12.6 Å². The molecular weight excluding hydrogens is 320 g/mol. The lowest BCUT2D eigenvalue weighted by molar-refractivity contribution is 0.0542. The molecule has 0 spiro atoms. The van der Waals surface area contributed by atoms with Crippen molar-refractivity contribution in [3.05, 3.63) is 30.2 Å². The maximum atomic E-state index is 12.9. The van der Waals surface area contributed by atoms with E-state index < -0.39 is 18.2 Å². The second-order valence-corrected chi connectivity index (χ2v) is 5.56. The molecule has 24 heavy (non-hydrogen) atoms. The van der Waals surface area contributed by atoms with Crippen LogP contribution in [0, 0.1) is 0 Å². The molecule has 9 heteroatoms. The fourth-order valence-electron chi connectivity index (χ4n) is 2.85. The van der Waals surface area contributed by atoms with Crippen LogP contribution in [-0.2, 0) is 10.3 Å². The number of halogens is 2. The number of nitrogens with zero attached hydrogens (tertiary/aromatic N) is 4. The first-order valence-corrected chi connectivity index (χ1v) is 7.48. The first-order valence-electron chi connectivity index (χ1n) is 7.48. The molecule has 1 N–H and O–H groups in total. The molecule has 1 aliphatic rings. The molecule has 1 fully saturated rings. The van der Waals surface area contributed by atoms with Crippen LogP contribution >= 0.6 is 0 Å². The number of hydrogen-bond acceptors (Lipinski definition) is 5. The number of methoxy groups -OCH3 is 1. The van der Waals surface area contributed by atoms with Gasteiger partial charge in [0.15, 0.2) is 0 Å². The Morgan fingerprint density at radius 1 is 1.62 bits per heavy atom. The van der Waals surface area contributed by atoms with Crippen LogP contribution in [0.25, 0.3) is 0 Å². The average Bonchev–Trinajstić information content (AvgIpc) is 3.06. The van der Waals surface area contributed by atoms with Gasteiger partial charge in [-0.1, -0.05) is 6.58 Å². The zero-order chi connectivity index (χ0) is 17.7. The molecule has 1 aromatic rings. The largest absolute Gasteiger partial charge is 0.453 e. The number of carbonyl (C=O) groups excluding carboxylic acids is 1. The van der Waals surface area contributed by atoms with E-state index in [0.29, 0.717) is 29.0 Å². The van der Waals surface area contributed by atoms with Gasteiger partial charge in [0, 0.05) is 38.2 Å². The molecule has 2 heterocycles. The second kappa shape index (κ2) is 7.41. The molecule has 0 aromatic carbocycles. The number of carbonyl (C=O) groups is 1. The molecule has 1 saturated heterocycles. The third-order valence-electron chi connectivity index (χ3n) is 4.00. The Labute approximate surface area is 139 Å². The predicted molar refractivity (Wildman–Crippen MR) is 85.1 cm³/mol. The summed E-state index contributed by atoms with van der Waals surface area (Å²) in [6.45, 7) is 2.27. The summed E-state index contributed by atoms with van der Waals surface area (Å²) < 4.78 is 31.0. The molecular formula is C15H21F2N5O2. The average molecular weight is 341 g/mol. The number of likely N-dealkylation sites (tertiary alicyclic amines) is 1. The van der Waals surface area contributed by atoms with Crippen molar-refractivity contribution in [1.82, 2.24) is 20.0 Å². The highest BCUT2D eigenvalue weighted by Gasteiger charge is 2.41. The number of alkyl carbamates (subject to hydrolysis) is 1. The molecule has 1 aliphatic heterocycles. The minimum Gasteiger partial charge on any atom is -0.453 e. The topological polar surface area (TPSA) is 71.8 Å². The number of amides is 1. The summed E-state index contributed by atoms with van der Waals surface area (Å²) in [4.78, 5) is 17.7. The molecule has 0 aliphatic carbocycles. The van der Waals surface area contributed by atoms with Crippen LogP contribution in [0.2, 0.25) is 0 Å². The first kappa shape index (κ1) is 17.9. The summed E-state index contributed by atoms with van der Waals surface area (Å²) in [5.41, 5.74) is 0.108. The first-order chi connectivity index (χ1) is 11.4. The molecule has 1 aromatic heterocycles. The Kier molecular flexibility index (Phi) is 5.53. The van der Waals surface area contributed by atoms with Crippen molar-refractivity contribution in [1.29, 1.82) is 0 Å². The van der Waals surface area contributed by atoms with E-state index in [-0.39, 0.29) is 0 Å². The number of nitrogens with one attached hydrogen (secondary N) is 1. The monoisotopic (exact) mass is 341 g/mol. The van der Waals surface area contributed by atoms with Crippen molar-refractivity contribution >= 4 is 12.3 Å². The number of rotatable bonds is 5. The van der Waals surface area contributed by atoms with E-state index in [1.807, 2.05) is 4.90 Å². The SMILES string of the molecule is C=C(C=NC)N1CCCC(NC(=O)OC)(c2ccn(C(F)F)n2)C1. The Hall–Kier alpha value is -2.45. The fourth-order valence-corrected chi connectivity index (χ4v) is 2.85. The van der Waals surface area contributed by atoms with Gasteiger partial charge in [-0.15, -0.1) is 0 Å². The van der Waals surface area contributed by atoms with Crippen LogP contribution in [0.15, 0.2) is 29.5 Å². The summed E-state index contributed by atoms with van der Waals surface area (Å²) in [5, 5.41) is 6.71. The minimum absolute atomic E-state index is 0.340. The van der Waals surface area contributed by atoms with Crippen LogP contribution in [0.5, 0.6) is 0 Å². The van der Waals surface area contributed by atoms with E-state index >= 15 is 0 Å². The Balaban J connectivity index is 2.35. The Bertz CT molecular complexity index is 631. The highest BCUT2D eigenvalue weighted by Crippen LogP contribution is 2.32. The zero-order valence-electron chi connectivity index (χ0n) is 13.7. The van der Waals surface area contributed by atoms with Crippen molar-refractivity contribution in [3.63, 3.8) is 0 Å². The number of piperidine rings is 1. The molecule has 1 amide bonds. The lowest BCUT2D eigenvalue weighted by Crippen LogP contribution is -2.56. The third-order valence-corrected chi connectivity index (χ3v) is 4.00. The summed E-state index contributed by atoms with van der Waals surface area (Å²) in [6.07, 6.45) is 3.45. The van der Waals surface area contributed by atoms with Crippen molar-refractivity contribution in [2.24, 2.45) is 4.99 Å². The smallest absolute Gasteiger partial charge is 0.407 e. The maximum Gasteiger partial charge on any atom is 0.407 e. The Morgan fingerprint density at radius 3 is 2.96 bits per heavy atom. The van der Waals surface area contributed by atoms with Crippen LogP contribution in [0.3, 0.4) is 0 Å². The van der Waals surface area contributed by atoms with Crippen LogP contribution in [0.4, 0.5) is 13.6 Å². The van der Waals surface area contributed by atoms with Gasteiger partial charge in [0.25, 0.3) is 0 Å². The third kappa shape index (κ3) is 3.72. The molecule has 0 radical (unpaired) electrons. The molecule has 0 saturated carbocycles. The fraction of sp³-hybridized carbons (Fsp3) is 0.533. The summed E-state index contributed by atoms with van der Waals surface area (Å²) in [5.74, 6) is 0. The van der Waals surface area contributed by atoms with E-state index in [2.05, 4.69) is 22.0 Å². The number of aliphatic imine (C=N–C) groups is 1. The summed E-state index contributed by atoms with van der Waals surface area (Å²) in [6, 6.07) is 1.49. The predicted octanol–water partition coefficient (Wildman–Crippen LogP) is 2.14. The van der Waals surface area contributed by atoms with Gasteiger partial charge in [-0.3, -0.25) is 4.99 Å². The molecule has 2 rings (SSSR count). The van der Waals surface area contributed by atoms with Crippen molar-refractivity contribution in [3.8, 4) is 0 Å². The standard InChI is InChI=1S/C15H21F2N5O2/c1-11(9-18-2)21-7-4-6-15(10-21,19-14(23)24-3)12-5-8-22(20-12)13(16)17/h5,8-9,13H,1,4,6-7,10H2,2-3H3,(H,19,23). The summed E-state index contributed by atoms with van der Waals surface area (Å²) >= 11 is 0. The highest BCUT2D eigenvalue weighted by atomic mass is 19.3. The van der Waals surface area contributed by atoms with E-state index in [1.54, 1.807) is 13.3 Å². The normalized spacial score (nSPS) is 21.3. The van der Waals surface area contributed by atoms with Gasteiger partial charge in [0.2, 0.25) is 0 Å². The number of alkyl halides is 2. The van der Waals surface area contributed by atoms with Crippen molar-refractivity contribution in [2.75, 3.05) is 27.2 Å². The van der Waals surface area contributed by atoms with E-state index in [1.165, 1.54) is 19.4 Å². The maximum absolute atomic E-state index is 12.9. The van der Waals surface area contributed by atoms with Gasteiger partial charge < -0.3 is 15.0 Å². The lowest BCUT2D eigenvalue weighted by Gasteiger charge is -2.43. The number of ether oxygens (including phenoxy) is 1. The lowest BCUT2D eigenvalue weighted by atomic mass is 9.85. The van der Waals surface area contributed by atoms with Crippen LogP contribution in [0.1, 0.15) is 25.1 Å². The zero-order valence-corrected chi connectivity index (χ0v) is 13.7. The highest BCUT2D eigenvalue weighted by molar-refractivity contribution is 5.76. The number of hydrogen-bond donors (Lipinski definition) is 1. The summed E-state index contributed by atoms with van der Waals surface area (Å²) in [7, 11) is 2.89. The van der Waals surface area contributed by atoms with Gasteiger partial charge in [0.05, 0.1) is 12.8 Å². The second-order valence-electron chi connectivity index (χ2n) is 5.56. The quantitative estimate of drug-likeness (QED) is 0.833.